The van der Waals surface area contributed by atoms with Gasteiger partial charge in [-0.2, -0.15) is 0 Å². The van der Waals surface area contributed by atoms with E-state index in [0.717, 1.165) is 24.8 Å². The van der Waals surface area contributed by atoms with Crippen molar-refractivity contribution in [3.05, 3.63) is 40.7 Å². The molecular formula is C20H32ClN10O3+. The number of ether oxygens (including phenoxy) is 1. The zero-order chi connectivity index (χ0) is 25.1. The maximum absolute atomic E-state index is 12.3. The standard InChI is InChI=1S/C20H31ClN10O3/c21-15-17(23)30-16(22)14(29-15)18(33)31-20(26)27-8-2-1-3-11-4-6-13(7-5-11)34-10-12(32)9-28-19(24)25/h4-7,12,20,27,32H,1-3,8-10,26H2,(H,31,33)(H4,22,23,30)(H4,24,25,28)/p+1. The molecule has 14 heteroatoms. The summed E-state index contributed by atoms with van der Waals surface area (Å²) in [5.74, 6) is 0.0478. The minimum Gasteiger partial charge on any atom is -0.491 e. The third-order valence-electron chi connectivity index (χ3n) is 4.57. The van der Waals surface area contributed by atoms with Crippen LogP contribution in [-0.4, -0.2) is 54.0 Å². The molecule has 0 saturated carbocycles. The SMILES string of the molecule is NC(N)=NCC(O)COc1ccc(CCCCNC(N)NC(=O)c2nc(Cl)c(N)[nH+]c2N)cc1. The second kappa shape index (κ2) is 13.3. The van der Waals surface area contributed by atoms with Gasteiger partial charge in [-0.05, 0) is 43.5 Å². The second-order valence-electron chi connectivity index (χ2n) is 7.44. The molecule has 2 aromatic rings. The van der Waals surface area contributed by atoms with Crippen LogP contribution in [0.25, 0.3) is 0 Å². The molecule has 1 amide bonds. The number of nitrogens with two attached hydrogens (primary N) is 5. The maximum Gasteiger partial charge on any atom is 0.279 e. The molecule has 0 bridgehead atoms. The fourth-order valence-electron chi connectivity index (χ4n) is 2.83. The number of H-pyrrole nitrogens is 1. The lowest BCUT2D eigenvalue weighted by Crippen LogP contribution is -2.52. The molecular weight excluding hydrogens is 464 g/mol. The fourth-order valence-corrected chi connectivity index (χ4v) is 2.96. The molecule has 186 valence electrons. The first-order valence-electron chi connectivity index (χ1n) is 10.5. The Bertz CT molecular complexity index is 970. The van der Waals surface area contributed by atoms with Crippen LogP contribution in [0.4, 0.5) is 11.6 Å². The molecule has 2 unspecified atom stereocenters. The number of hydrogen-bond donors (Lipinski definition) is 8. The van der Waals surface area contributed by atoms with E-state index in [1.807, 2.05) is 24.3 Å². The Morgan fingerprint density at radius 3 is 2.59 bits per heavy atom. The van der Waals surface area contributed by atoms with E-state index in [9.17, 15) is 9.90 Å². The van der Waals surface area contributed by atoms with Gasteiger partial charge in [0.25, 0.3) is 11.7 Å². The average molecular weight is 496 g/mol. The predicted molar refractivity (Wildman–Crippen MR) is 130 cm³/mol. The predicted octanol–water partition coefficient (Wildman–Crippen LogP) is -1.69. The lowest BCUT2D eigenvalue weighted by Gasteiger charge is -2.15. The minimum absolute atomic E-state index is 0.00913. The molecule has 34 heavy (non-hydrogen) atoms. The highest BCUT2D eigenvalue weighted by Crippen LogP contribution is 2.15. The van der Waals surface area contributed by atoms with E-state index in [2.05, 4.69) is 25.6 Å². The number of aliphatic hydroxyl groups excluding tert-OH is 1. The first kappa shape index (κ1) is 26.9. The quantitative estimate of drug-likeness (QED) is 0.0678. The number of carbonyl (C=O) groups excluding carboxylic acids is 1. The van der Waals surface area contributed by atoms with Crippen molar-refractivity contribution in [1.29, 1.82) is 0 Å². The molecule has 1 aromatic heterocycles. The van der Waals surface area contributed by atoms with Crippen molar-refractivity contribution in [2.24, 2.45) is 22.2 Å². The number of aliphatic imine (C=N–C) groups is 1. The number of hydrogen-bond acceptors (Lipinski definition) is 9. The van der Waals surface area contributed by atoms with E-state index >= 15 is 0 Å². The Morgan fingerprint density at radius 1 is 1.21 bits per heavy atom. The summed E-state index contributed by atoms with van der Waals surface area (Å²) in [5, 5.41) is 15.3. The molecule has 1 aromatic carbocycles. The van der Waals surface area contributed by atoms with Crippen LogP contribution < -0.4 is 49.0 Å². The fraction of sp³-hybridized carbons (Fsp3) is 0.400. The number of nitrogen functional groups attached to an aromatic ring is 2. The highest BCUT2D eigenvalue weighted by atomic mass is 35.5. The number of amides is 1. The number of nitrogens with zero attached hydrogens (tertiary/aromatic N) is 2. The van der Waals surface area contributed by atoms with Gasteiger partial charge in [0.05, 0.1) is 6.54 Å². The van der Waals surface area contributed by atoms with Gasteiger partial charge >= 0.3 is 0 Å². The number of aromatic nitrogens is 2. The highest BCUT2D eigenvalue weighted by molar-refractivity contribution is 6.31. The van der Waals surface area contributed by atoms with Crippen LogP contribution in [0.1, 0.15) is 28.9 Å². The molecule has 2 rings (SSSR count). The number of halogens is 1. The van der Waals surface area contributed by atoms with Crippen molar-refractivity contribution >= 4 is 35.1 Å². The molecule has 0 radical (unpaired) electrons. The van der Waals surface area contributed by atoms with Gasteiger partial charge in [-0.15, -0.1) is 0 Å². The molecule has 0 fully saturated rings. The third-order valence-corrected chi connectivity index (χ3v) is 4.85. The Balaban J connectivity index is 1.64. The topological polar surface area (TPSA) is 240 Å². The molecule has 0 spiro atoms. The van der Waals surface area contributed by atoms with Crippen molar-refractivity contribution in [2.45, 2.75) is 31.7 Å². The number of benzene rings is 1. The van der Waals surface area contributed by atoms with Crippen LogP contribution in [0.15, 0.2) is 29.3 Å². The van der Waals surface area contributed by atoms with Crippen molar-refractivity contribution in [2.75, 3.05) is 31.2 Å². The van der Waals surface area contributed by atoms with Crippen molar-refractivity contribution in [1.82, 2.24) is 15.6 Å². The molecule has 0 aliphatic heterocycles. The van der Waals surface area contributed by atoms with E-state index in [-0.39, 0.29) is 41.6 Å². The van der Waals surface area contributed by atoms with Crippen LogP contribution in [0, 0.1) is 0 Å². The van der Waals surface area contributed by atoms with Gasteiger partial charge < -0.3 is 38.1 Å². The number of aliphatic hydroxyl groups is 1. The molecule has 0 aliphatic rings. The number of unbranched alkanes of at least 4 members (excludes halogenated alkanes) is 1. The van der Waals surface area contributed by atoms with Crippen molar-refractivity contribution in [3.8, 4) is 5.75 Å². The van der Waals surface area contributed by atoms with Gasteiger partial charge in [-0.25, -0.2) is 9.97 Å². The average Bonchev–Trinajstić information content (AvgIpc) is 2.79. The Labute approximate surface area is 202 Å². The minimum atomic E-state index is -0.790. The van der Waals surface area contributed by atoms with Gasteiger partial charge in [0.15, 0.2) is 5.96 Å². The van der Waals surface area contributed by atoms with Crippen LogP contribution in [0.3, 0.4) is 0 Å². The third kappa shape index (κ3) is 9.23. The van der Waals surface area contributed by atoms with Crippen LogP contribution >= 0.6 is 11.6 Å². The number of guanidine groups is 1. The summed E-state index contributed by atoms with van der Waals surface area (Å²) >= 11 is 5.81. The zero-order valence-electron chi connectivity index (χ0n) is 18.6. The second-order valence-corrected chi connectivity index (χ2v) is 7.80. The van der Waals surface area contributed by atoms with Gasteiger partial charge in [-0.3, -0.25) is 20.8 Å². The smallest absolute Gasteiger partial charge is 0.279 e. The molecule has 2 atom stereocenters. The van der Waals surface area contributed by atoms with Crippen LogP contribution in [0.2, 0.25) is 5.15 Å². The van der Waals surface area contributed by atoms with E-state index < -0.39 is 18.3 Å². The van der Waals surface area contributed by atoms with Crippen molar-refractivity contribution in [3.63, 3.8) is 0 Å². The summed E-state index contributed by atoms with van der Waals surface area (Å²) in [5.41, 5.74) is 28.7. The van der Waals surface area contributed by atoms with Gasteiger partial charge in [-0.1, -0.05) is 23.7 Å². The Kier molecular flexibility index (Phi) is 10.5. The van der Waals surface area contributed by atoms with E-state index in [4.69, 9.17) is 45.0 Å². The van der Waals surface area contributed by atoms with Gasteiger partial charge in [0.2, 0.25) is 16.7 Å². The molecule has 1 heterocycles. The molecule has 0 aliphatic carbocycles. The number of rotatable bonds is 13. The lowest BCUT2D eigenvalue weighted by molar-refractivity contribution is -0.343. The first-order valence-corrected chi connectivity index (χ1v) is 10.9. The van der Waals surface area contributed by atoms with E-state index in [1.54, 1.807) is 0 Å². The summed E-state index contributed by atoms with van der Waals surface area (Å²) in [7, 11) is 0. The summed E-state index contributed by atoms with van der Waals surface area (Å²) in [6, 6.07) is 7.60. The summed E-state index contributed by atoms with van der Waals surface area (Å²) in [6.07, 6.45) is 1.02. The monoisotopic (exact) mass is 495 g/mol. The summed E-state index contributed by atoms with van der Waals surface area (Å²) in [6.45, 7) is 0.764. The van der Waals surface area contributed by atoms with Crippen molar-refractivity contribution < 1.29 is 19.6 Å². The lowest BCUT2D eigenvalue weighted by atomic mass is 10.1. The van der Waals surface area contributed by atoms with Crippen LogP contribution in [0.5, 0.6) is 5.75 Å². The largest absolute Gasteiger partial charge is 0.491 e. The summed E-state index contributed by atoms with van der Waals surface area (Å²) < 4.78 is 5.52. The Hall–Kier alpha value is -3.39. The van der Waals surface area contributed by atoms with Gasteiger partial charge in [0.1, 0.15) is 24.8 Å². The highest BCUT2D eigenvalue weighted by Gasteiger charge is 2.20. The molecule has 0 saturated heterocycles. The van der Waals surface area contributed by atoms with Gasteiger partial charge in [0, 0.05) is 0 Å². The van der Waals surface area contributed by atoms with E-state index in [1.165, 1.54) is 0 Å². The van der Waals surface area contributed by atoms with E-state index in [0.29, 0.717) is 12.3 Å². The molecule has 13 nitrogen and oxygen atoms in total. The number of anilines is 2. The zero-order valence-corrected chi connectivity index (χ0v) is 19.4. The first-order chi connectivity index (χ1) is 16.2. The number of aryl methyl sites for hydroxylation is 1. The molecule has 14 N–H and O–H groups in total. The number of carbonyl (C=O) groups is 1. The number of nitrogens with one attached hydrogen (secondary N) is 3. The number of aromatic amines is 1. The normalized spacial score (nSPS) is 12.6. The van der Waals surface area contributed by atoms with Crippen LogP contribution in [-0.2, 0) is 6.42 Å². The maximum atomic E-state index is 12.3. The Morgan fingerprint density at radius 2 is 1.91 bits per heavy atom. The summed E-state index contributed by atoms with van der Waals surface area (Å²) in [4.78, 5) is 22.4.